The van der Waals surface area contributed by atoms with Crippen LogP contribution in [0.25, 0.3) is 0 Å². The third kappa shape index (κ3) is 13.3. The second-order valence-corrected chi connectivity index (χ2v) is 7.40. The van der Waals surface area contributed by atoms with Crippen molar-refractivity contribution in [3.63, 3.8) is 0 Å². The van der Waals surface area contributed by atoms with Gasteiger partial charge in [-0.1, -0.05) is 95.0 Å². The third-order valence-electron chi connectivity index (χ3n) is 4.73. The Morgan fingerprint density at radius 1 is 0.964 bits per heavy atom. The smallest absolute Gasteiger partial charge is 0.325 e. The molecule has 0 aliphatic rings. The number of carbonyl (C=O) groups is 2. The molecule has 0 heterocycles. The molecule has 5 nitrogen and oxygen atoms in total. The maximum Gasteiger partial charge on any atom is 0.325 e. The first-order valence-corrected chi connectivity index (χ1v) is 10.8. The molecule has 0 aromatic heterocycles. The minimum absolute atomic E-state index is 0.0307. The van der Waals surface area contributed by atoms with Gasteiger partial charge in [-0.15, -0.1) is 0 Å². The summed E-state index contributed by atoms with van der Waals surface area (Å²) in [5.41, 5.74) is 0.901. The van der Waals surface area contributed by atoms with Crippen LogP contribution < -0.4 is 5.32 Å². The average Bonchev–Trinajstić information content (AvgIpc) is 2.70. The summed E-state index contributed by atoms with van der Waals surface area (Å²) in [6.45, 7) is 2.25. The van der Waals surface area contributed by atoms with Gasteiger partial charge in [0.05, 0.1) is 12.5 Å². The SMILES string of the molecule is CCCCCCCCCCC[C@@H](O)CC(=O)NCC(=O)OCc1ccccc1. The number of unbranched alkanes of at least 4 members (excludes halogenated alkanes) is 8. The summed E-state index contributed by atoms with van der Waals surface area (Å²) >= 11 is 0. The van der Waals surface area contributed by atoms with Crippen molar-refractivity contribution >= 4 is 11.9 Å². The van der Waals surface area contributed by atoms with E-state index in [1.165, 1.54) is 44.9 Å². The molecule has 0 saturated carbocycles. The molecule has 28 heavy (non-hydrogen) atoms. The maximum atomic E-state index is 11.8. The molecule has 0 radical (unpaired) electrons. The normalized spacial score (nSPS) is 11.8. The molecule has 1 aromatic rings. The lowest BCUT2D eigenvalue weighted by Gasteiger charge is -2.11. The Kier molecular flexibility index (Phi) is 13.9. The number of carbonyl (C=O) groups excluding carboxylic acids is 2. The summed E-state index contributed by atoms with van der Waals surface area (Å²) in [5, 5.41) is 12.5. The van der Waals surface area contributed by atoms with Crippen LogP contribution in [0.15, 0.2) is 30.3 Å². The first kappa shape index (κ1) is 24.2. The molecule has 1 rings (SSSR count). The van der Waals surface area contributed by atoms with E-state index in [0.717, 1.165) is 18.4 Å². The predicted molar refractivity (Wildman–Crippen MR) is 112 cm³/mol. The molecule has 1 aromatic carbocycles. The van der Waals surface area contributed by atoms with Crippen LogP contribution in [0, 0.1) is 0 Å². The molecule has 0 aliphatic carbocycles. The van der Waals surface area contributed by atoms with Crippen molar-refractivity contribution in [3.05, 3.63) is 35.9 Å². The van der Waals surface area contributed by atoms with E-state index in [1.54, 1.807) is 0 Å². The van der Waals surface area contributed by atoms with Gasteiger partial charge in [0.25, 0.3) is 0 Å². The first-order valence-electron chi connectivity index (χ1n) is 10.8. The fourth-order valence-electron chi connectivity index (χ4n) is 3.04. The molecule has 0 unspecified atom stereocenters. The van der Waals surface area contributed by atoms with Gasteiger partial charge in [0.2, 0.25) is 5.91 Å². The summed E-state index contributed by atoms with van der Waals surface area (Å²) in [6.07, 6.45) is 11.1. The number of ether oxygens (including phenoxy) is 1. The van der Waals surface area contributed by atoms with Crippen molar-refractivity contribution in [1.82, 2.24) is 5.32 Å². The maximum absolute atomic E-state index is 11.8. The summed E-state index contributed by atoms with van der Waals surface area (Å²) in [4.78, 5) is 23.5. The molecular formula is C23H37NO4. The predicted octanol–water partition coefficient (Wildman–Crippen LogP) is 4.52. The Morgan fingerprint density at radius 3 is 2.21 bits per heavy atom. The van der Waals surface area contributed by atoms with Crippen molar-refractivity contribution in [2.75, 3.05) is 6.54 Å². The van der Waals surface area contributed by atoms with Crippen LogP contribution in [0.4, 0.5) is 0 Å². The number of esters is 1. The number of aliphatic hydroxyl groups is 1. The van der Waals surface area contributed by atoms with E-state index >= 15 is 0 Å². The number of nitrogens with one attached hydrogen (secondary N) is 1. The second kappa shape index (κ2) is 16.1. The van der Waals surface area contributed by atoms with Crippen molar-refractivity contribution in [1.29, 1.82) is 0 Å². The molecule has 2 N–H and O–H groups in total. The van der Waals surface area contributed by atoms with Gasteiger partial charge in [0.1, 0.15) is 13.2 Å². The Morgan fingerprint density at radius 2 is 1.57 bits per heavy atom. The topological polar surface area (TPSA) is 75.6 Å². The Hall–Kier alpha value is -1.88. The van der Waals surface area contributed by atoms with Gasteiger partial charge in [0.15, 0.2) is 0 Å². The van der Waals surface area contributed by atoms with E-state index in [2.05, 4.69) is 12.2 Å². The van der Waals surface area contributed by atoms with Gasteiger partial charge in [-0.05, 0) is 12.0 Å². The van der Waals surface area contributed by atoms with Crippen LogP contribution in [0.5, 0.6) is 0 Å². The molecule has 5 heteroatoms. The van der Waals surface area contributed by atoms with Gasteiger partial charge in [-0.2, -0.15) is 0 Å². The highest BCUT2D eigenvalue weighted by Gasteiger charge is 2.12. The highest BCUT2D eigenvalue weighted by atomic mass is 16.5. The Bertz CT molecular complexity index is 533. The third-order valence-corrected chi connectivity index (χ3v) is 4.73. The van der Waals surface area contributed by atoms with Crippen LogP contribution >= 0.6 is 0 Å². The van der Waals surface area contributed by atoms with Crippen LogP contribution in [-0.4, -0.2) is 29.6 Å². The van der Waals surface area contributed by atoms with Gasteiger partial charge in [-0.3, -0.25) is 9.59 Å². The highest BCUT2D eigenvalue weighted by molar-refractivity contribution is 5.82. The lowest BCUT2D eigenvalue weighted by atomic mass is 10.0. The van der Waals surface area contributed by atoms with Crippen molar-refractivity contribution in [2.24, 2.45) is 0 Å². The quantitative estimate of drug-likeness (QED) is 0.321. The van der Waals surface area contributed by atoms with E-state index in [1.807, 2.05) is 30.3 Å². The lowest BCUT2D eigenvalue weighted by molar-refractivity contribution is -0.145. The van der Waals surface area contributed by atoms with Gasteiger partial charge in [-0.25, -0.2) is 0 Å². The molecule has 0 bridgehead atoms. The first-order chi connectivity index (χ1) is 13.6. The van der Waals surface area contributed by atoms with Crippen molar-refractivity contribution in [2.45, 2.75) is 90.3 Å². The van der Waals surface area contributed by atoms with E-state index in [9.17, 15) is 14.7 Å². The zero-order chi connectivity index (χ0) is 20.5. The van der Waals surface area contributed by atoms with Crippen molar-refractivity contribution < 1.29 is 19.4 Å². The number of aliphatic hydroxyl groups excluding tert-OH is 1. The molecular weight excluding hydrogens is 354 g/mol. The Labute approximate surface area is 169 Å². The van der Waals surface area contributed by atoms with E-state index in [0.29, 0.717) is 6.42 Å². The average molecular weight is 392 g/mol. The molecule has 1 atom stereocenters. The summed E-state index contributed by atoms with van der Waals surface area (Å²) in [5.74, 6) is -0.800. The van der Waals surface area contributed by atoms with Crippen LogP contribution in [-0.2, 0) is 20.9 Å². The second-order valence-electron chi connectivity index (χ2n) is 7.40. The van der Waals surface area contributed by atoms with Gasteiger partial charge < -0.3 is 15.2 Å². The zero-order valence-electron chi connectivity index (χ0n) is 17.3. The fourth-order valence-corrected chi connectivity index (χ4v) is 3.04. The standard InChI is InChI=1S/C23H37NO4/c1-2-3-4-5-6-7-8-9-13-16-21(25)17-22(26)24-18-23(27)28-19-20-14-11-10-12-15-20/h10-12,14-15,21,25H,2-9,13,16-19H2,1H3,(H,24,26)/t21-/m1/s1. The van der Waals surface area contributed by atoms with E-state index < -0.39 is 12.1 Å². The monoisotopic (exact) mass is 391 g/mol. The van der Waals surface area contributed by atoms with Crippen molar-refractivity contribution in [3.8, 4) is 0 Å². The number of hydrogen-bond acceptors (Lipinski definition) is 4. The summed E-state index contributed by atoms with van der Waals surface area (Å²) < 4.78 is 5.10. The van der Waals surface area contributed by atoms with Crippen LogP contribution in [0.2, 0.25) is 0 Å². The number of benzene rings is 1. The number of rotatable bonds is 16. The molecule has 0 aliphatic heterocycles. The van der Waals surface area contributed by atoms with E-state index in [4.69, 9.17) is 4.74 Å². The minimum atomic E-state index is -0.648. The zero-order valence-corrected chi connectivity index (χ0v) is 17.3. The van der Waals surface area contributed by atoms with Gasteiger partial charge >= 0.3 is 5.97 Å². The van der Waals surface area contributed by atoms with Gasteiger partial charge in [0, 0.05) is 0 Å². The molecule has 1 amide bonds. The molecule has 158 valence electrons. The highest BCUT2D eigenvalue weighted by Crippen LogP contribution is 2.12. The fraction of sp³-hybridized carbons (Fsp3) is 0.652. The Balaban J connectivity index is 1.98. The lowest BCUT2D eigenvalue weighted by Crippen LogP contribution is -2.32. The molecule has 0 fully saturated rings. The summed E-state index contributed by atoms with van der Waals surface area (Å²) in [6, 6.07) is 9.38. The number of hydrogen-bond donors (Lipinski definition) is 2. The van der Waals surface area contributed by atoms with E-state index in [-0.39, 0.29) is 25.5 Å². The van der Waals surface area contributed by atoms with Crippen LogP contribution in [0.3, 0.4) is 0 Å². The summed E-state index contributed by atoms with van der Waals surface area (Å²) in [7, 11) is 0. The molecule has 0 spiro atoms. The number of amides is 1. The molecule has 0 saturated heterocycles. The largest absolute Gasteiger partial charge is 0.460 e. The minimum Gasteiger partial charge on any atom is -0.460 e. The van der Waals surface area contributed by atoms with Crippen LogP contribution in [0.1, 0.15) is 83.1 Å².